The number of aromatic amines is 1. The standard InChI is InChI=1S/C10H10N6O3/c11-9-1-7(8(5-12-9)16(18)19)10(17)13-2-6-3-14-15-4-6/h1,3-5H,2H2,(H2,11,12)(H,13,17)(H,14,15). The van der Waals surface area contributed by atoms with Crippen LogP contribution in [0.2, 0.25) is 0 Å². The van der Waals surface area contributed by atoms with Crippen LogP contribution in [0, 0.1) is 10.1 Å². The number of carbonyl (C=O) groups is 1. The molecule has 0 aliphatic rings. The van der Waals surface area contributed by atoms with E-state index in [1.54, 1.807) is 6.20 Å². The second-order valence-corrected chi connectivity index (χ2v) is 3.67. The van der Waals surface area contributed by atoms with E-state index < -0.39 is 10.8 Å². The van der Waals surface area contributed by atoms with Gasteiger partial charge in [-0.15, -0.1) is 0 Å². The van der Waals surface area contributed by atoms with Crippen molar-refractivity contribution >= 4 is 17.4 Å². The first-order valence-corrected chi connectivity index (χ1v) is 5.23. The predicted molar refractivity (Wildman–Crippen MR) is 65.1 cm³/mol. The lowest BCUT2D eigenvalue weighted by molar-refractivity contribution is -0.385. The SMILES string of the molecule is Nc1cc(C(=O)NCc2cn[nH]c2)c([N+](=O)[O-])cn1. The molecular weight excluding hydrogens is 252 g/mol. The fourth-order valence-corrected chi connectivity index (χ4v) is 1.44. The topological polar surface area (TPSA) is 140 Å². The van der Waals surface area contributed by atoms with Gasteiger partial charge in [-0.05, 0) is 6.07 Å². The first-order chi connectivity index (χ1) is 9.08. The summed E-state index contributed by atoms with van der Waals surface area (Å²) in [5.74, 6) is -0.555. The van der Waals surface area contributed by atoms with Gasteiger partial charge in [0.2, 0.25) is 0 Å². The molecule has 2 aromatic rings. The van der Waals surface area contributed by atoms with Crippen molar-refractivity contribution in [2.24, 2.45) is 0 Å². The number of hydrogen-bond donors (Lipinski definition) is 3. The van der Waals surface area contributed by atoms with Crippen molar-refractivity contribution in [2.75, 3.05) is 5.73 Å². The molecule has 2 aromatic heterocycles. The molecule has 0 unspecified atom stereocenters. The van der Waals surface area contributed by atoms with Crippen LogP contribution in [0.1, 0.15) is 15.9 Å². The van der Waals surface area contributed by atoms with Crippen molar-refractivity contribution < 1.29 is 9.72 Å². The van der Waals surface area contributed by atoms with Crippen LogP contribution >= 0.6 is 0 Å². The molecule has 1 amide bonds. The van der Waals surface area contributed by atoms with Crippen molar-refractivity contribution in [3.8, 4) is 0 Å². The van der Waals surface area contributed by atoms with Gasteiger partial charge in [0.15, 0.2) is 0 Å². The Bertz CT molecular complexity index is 610. The maximum atomic E-state index is 11.9. The molecule has 0 aliphatic heterocycles. The summed E-state index contributed by atoms with van der Waals surface area (Å²) in [6, 6.07) is 1.17. The number of rotatable bonds is 4. The number of aromatic nitrogens is 3. The second kappa shape index (κ2) is 5.12. The van der Waals surface area contributed by atoms with E-state index >= 15 is 0 Å². The van der Waals surface area contributed by atoms with E-state index in [2.05, 4.69) is 20.5 Å². The van der Waals surface area contributed by atoms with Gasteiger partial charge in [-0.3, -0.25) is 20.0 Å². The lowest BCUT2D eigenvalue weighted by Gasteiger charge is -2.04. The summed E-state index contributed by atoms with van der Waals surface area (Å²) in [5.41, 5.74) is 5.66. The number of hydrogen-bond acceptors (Lipinski definition) is 6. The quantitative estimate of drug-likeness (QED) is 0.532. The largest absolute Gasteiger partial charge is 0.384 e. The number of nitrogens with zero attached hydrogens (tertiary/aromatic N) is 3. The third kappa shape index (κ3) is 2.83. The molecule has 0 atom stereocenters. The van der Waals surface area contributed by atoms with Crippen LogP contribution in [0.3, 0.4) is 0 Å². The summed E-state index contributed by atoms with van der Waals surface area (Å²) in [7, 11) is 0. The highest BCUT2D eigenvalue weighted by Crippen LogP contribution is 2.18. The van der Waals surface area contributed by atoms with Gasteiger partial charge >= 0.3 is 0 Å². The lowest BCUT2D eigenvalue weighted by atomic mass is 10.2. The van der Waals surface area contributed by atoms with Crippen LogP contribution in [0.4, 0.5) is 11.5 Å². The smallest absolute Gasteiger partial charge is 0.300 e. The molecule has 19 heavy (non-hydrogen) atoms. The Labute approximate surface area is 107 Å². The molecular formula is C10H10N6O3. The van der Waals surface area contributed by atoms with Crippen molar-refractivity contribution in [1.82, 2.24) is 20.5 Å². The van der Waals surface area contributed by atoms with Crippen molar-refractivity contribution in [3.05, 3.63) is 45.9 Å². The summed E-state index contributed by atoms with van der Waals surface area (Å²) in [5, 5.41) is 19.6. The van der Waals surface area contributed by atoms with Gasteiger partial charge in [-0.1, -0.05) is 0 Å². The normalized spacial score (nSPS) is 10.1. The van der Waals surface area contributed by atoms with E-state index in [1.807, 2.05) is 0 Å². The first kappa shape index (κ1) is 12.5. The zero-order chi connectivity index (χ0) is 13.8. The zero-order valence-corrected chi connectivity index (χ0v) is 9.66. The fourth-order valence-electron chi connectivity index (χ4n) is 1.44. The van der Waals surface area contributed by atoms with Crippen molar-refractivity contribution in [1.29, 1.82) is 0 Å². The van der Waals surface area contributed by atoms with Crippen molar-refractivity contribution in [3.63, 3.8) is 0 Å². The fraction of sp³-hybridized carbons (Fsp3) is 0.100. The first-order valence-electron chi connectivity index (χ1n) is 5.23. The van der Waals surface area contributed by atoms with E-state index in [4.69, 9.17) is 5.73 Å². The molecule has 0 saturated heterocycles. The highest BCUT2D eigenvalue weighted by Gasteiger charge is 2.21. The molecule has 2 heterocycles. The summed E-state index contributed by atoms with van der Waals surface area (Å²) < 4.78 is 0. The van der Waals surface area contributed by atoms with Crippen LogP contribution in [0.15, 0.2) is 24.7 Å². The summed E-state index contributed by atoms with van der Waals surface area (Å²) in [6.07, 6.45) is 4.10. The van der Waals surface area contributed by atoms with Gasteiger partial charge in [0.1, 0.15) is 17.6 Å². The third-order valence-electron chi connectivity index (χ3n) is 2.35. The molecule has 0 radical (unpaired) electrons. The number of nitro groups is 1. The van der Waals surface area contributed by atoms with Crippen LogP contribution < -0.4 is 11.1 Å². The Balaban J connectivity index is 2.18. The predicted octanol–water partition coefficient (Wildman–Crippen LogP) is 0.225. The lowest BCUT2D eigenvalue weighted by Crippen LogP contribution is -2.23. The molecule has 0 saturated carbocycles. The number of anilines is 1. The third-order valence-corrected chi connectivity index (χ3v) is 2.35. The van der Waals surface area contributed by atoms with E-state index in [9.17, 15) is 14.9 Å². The van der Waals surface area contributed by atoms with Gasteiger partial charge in [-0.25, -0.2) is 4.98 Å². The summed E-state index contributed by atoms with van der Waals surface area (Å²) in [4.78, 5) is 25.6. The molecule has 0 fully saturated rings. The molecule has 9 nitrogen and oxygen atoms in total. The minimum absolute atomic E-state index is 0.0408. The molecule has 0 bridgehead atoms. The minimum Gasteiger partial charge on any atom is -0.384 e. The highest BCUT2D eigenvalue weighted by molar-refractivity contribution is 5.98. The average Bonchev–Trinajstić information content (AvgIpc) is 2.88. The molecule has 98 valence electrons. The molecule has 0 aliphatic carbocycles. The monoisotopic (exact) mass is 262 g/mol. The Kier molecular flexibility index (Phi) is 3.37. The minimum atomic E-state index is -0.681. The number of nitrogens with two attached hydrogens (primary N) is 1. The van der Waals surface area contributed by atoms with Gasteiger partial charge in [-0.2, -0.15) is 5.10 Å². The second-order valence-electron chi connectivity index (χ2n) is 3.67. The number of H-pyrrole nitrogens is 1. The van der Waals surface area contributed by atoms with Gasteiger partial charge in [0, 0.05) is 18.3 Å². The number of carbonyl (C=O) groups excluding carboxylic acids is 1. The molecule has 9 heteroatoms. The Morgan fingerprint density at radius 2 is 2.32 bits per heavy atom. The molecule has 0 spiro atoms. The number of nitrogen functional groups attached to an aromatic ring is 1. The highest BCUT2D eigenvalue weighted by atomic mass is 16.6. The Hall–Kier alpha value is -2.97. The maximum absolute atomic E-state index is 11.9. The van der Waals surface area contributed by atoms with Crippen LogP contribution in [-0.4, -0.2) is 26.0 Å². The van der Waals surface area contributed by atoms with Gasteiger partial charge in [0.05, 0.1) is 11.1 Å². The van der Waals surface area contributed by atoms with Crippen molar-refractivity contribution in [2.45, 2.75) is 6.54 Å². The van der Waals surface area contributed by atoms with Crippen LogP contribution in [-0.2, 0) is 6.54 Å². The van der Waals surface area contributed by atoms with E-state index in [0.29, 0.717) is 0 Å². The van der Waals surface area contributed by atoms with E-state index in [0.717, 1.165) is 11.8 Å². The number of pyridine rings is 1. The summed E-state index contributed by atoms with van der Waals surface area (Å²) in [6.45, 7) is 0.203. The zero-order valence-electron chi connectivity index (χ0n) is 9.66. The maximum Gasteiger partial charge on any atom is 0.300 e. The van der Waals surface area contributed by atoms with Gasteiger partial charge in [0.25, 0.3) is 11.6 Å². The molecule has 2 rings (SSSR count). The van der Waals surface area contributed by atoms with Crippen LogP contribution in [0.25, 0.3) is 0 Å². The van der Waals surface area contributed by atoms with E-state index in [-0.39, 0.29) is 23.6 Å². The Morgan fingerprint density at radius 1 is 1.53 bits per heavy atom. The molecule has 0 aromatic carbocycles. The summed E-state index contributed by atoms with van der Waals surface area (Å²) >= 11 is 0. The van der Waals surface area contributed by atoms with Gasteiger partial charge < -0.3 is 11.1 Å². The number of amides is 1. The number of nitrogens with one attached hydrogen (secondary N) is 2. The molecule has 4 N–H and O–H groups in total. The Morgan fingerprint density at radius 3 is 2.95 bits per heavy atom. The average molecular weight is 262 g/mol. The van der Waals surface area contributed by atoms with E-state index in [1.165, 1.54) is 12.3 Å². The van der Waals surface area contributed by atoms with Crippen LogP contribution in [0.5, 0.6) is 0 Å².